The third-order valence-electron chi connectivity index (χ3n) is 2.59. The van der Waals surface area contributed by atoms with Gasteiger partial charge in [-0.05, 0) is 37.3 Å². The van der Waals surface area contributed by atoms with Gasteiger partial charge in [0.1, 0.15) is 5.82 Å². The second-order valence-electron chi connectivity index (χ2n) is 4.28. The van der Waals surface area contributed by atoms with E-state index in [9.17, 15) is 9.18 Å². The molecule has 0 radical (unpaired) electrons. The summed E-state index contributed by atoms with van der Waals surface area (Å²) in [5, 5.41) is 2.68. The highest BCUT2D eigenvalue weighted by Crippen LogP contribution is 2.21. The minimum Gasteiger partial charge on any atom is -0.325 e. The minimum absolute atomic E-state index is 0.00557. The average molecular weight is 310 g/mol. The zero-order chi connectivity index (χ0) is 14.5. The first-order valence-corrected chi connectivity index (χ1v) is 7.35. The van der Waals surface area contributed by atoms with Gasteiger partial charge in [-0.1, -0.05) is 29.3 Å². The van der Waals surface area contributed by atoms with Crippen LogP contribution in [-0.2, 0) is 4.79 Å². The summed E-state index contributed by atoms with van der Waals surface area (Å²) in [5.74, 6) is -0.366. The molecule has 0 heterocycles. The number of anilines is 1. The standard InChI is InChI=1S/C15H13ClFNOS/c1-10-2-5-12(6-3-10)20-9-15(19)18-11-4-7-14(17)13(16)8-11/h2-8H,9H2,1H3,(H,18,19). The Morgan fingerprint density at radius 3 is 2.60 bits per heavy atom. The van der Waals surface area contributed by atoms with Crippen molar-refractivity contribution in [1.29, 1.82) is 0 Å². The lowest BCUT2D eigenvalue weighted by molar-refractivity contribution is -0.113. The van der Waals surface area contributed by atoms with Gasteiger partial charge in [-0.25, -0.2) is 4.39 Å². The number of carbonyl (C=O) groups excluding carboxylic acids is 1. The maximum absolute atomic E-state index is 13.0. The Bertz CT molecular complexity index is 616. The van der Waals surface area contributed by atoms with E-state index >= 15 is 0 Å². The van der Waals surface area contributed by atoms with Crippen molar-refractivity contribution in [1.82, 2.24) is 0 Å². The van der Waals surface area contributed by atoms with Gasteiger partial charge in [0.05, 0.1) is 10.8 Å². The fraction of sp³-hybridized carbons (Fsp3) is 0.133. The molecule has 0 aromatic heterocycles. The highest BCUT2D eigenvalue weighted by atomic mass is 35.5. The highest BCUT2D eigenvalue weighted by Gasteiger charge is 2.06. The molecule has 104 valence electrons. The van der Waals surface area contributed by atoms with Crippen molar-refractivity contribution in [2.24, 2.45) is 0 Å². The molecule has 2 nitrogen and oxygen atoms in total. The molecule has 5 heteroatoms. The van der Waals surface area contributed by atoms with Crippen molar-refractivity contribution in [3.63, 3.8) is 0 Å². The fourth-order valence-electron chi connectivity index (χ4n) is 1.55. The Morgan fingerprint density at radius 2 is 1.95 bits per heavy atom. The molecule has 20 heavy (non-hydrogen) atoms. The number of nitrogens with one attached hydrogen (secondary N) is 1. The van der Waals surface area contributed by atoms with Gasteiger partial charge >= 0.3 is 0 Å². The molecular formula is C15H13ClFNOS. The third kappa shape index (κ3) is 4.25. The summed E-state index contributed by atoms with van der Waals surface area (Å²) in [6.07, 6.45) is 0. The molecule has 1 amide bonds. The average Bonchev–Trinajstić information content (AvgIpc) is 2.42. The molecule has 0 fully saturated rings. The van der Waals surface area contributed by atoms with Crippen LogP contribution < -0.4 is 5.32 Å². The van der Waals surface area contributed by atoms with E-state index in [0.717, 1.165) is 4.90 Å². The van der Waals surface area contributed by atoms with E-state index in [1.807, 2.05) is 31.2 Å². The molecule has 0 saturated heterocycles. The van der Waals surface area contributed by atoms with Crippen LogP contribution in [-0.4, -0.2) is 11.7 Å². The second-order valence-corrected chi connectivity index (χ2v) is 5.73. The predicted molar refractivity (Wildman–Crippen MR) is 81.9 cm³/mol. The summed E-state index contributed by atoms with van der Waals surface area (Å²) in [7, 11) is 0. The molecule has 0 spiro atoms. The van der Waals surface area contributed by atoms with E-state index in [4.69, 9.17) is 11.6 Å². The van der Waals surface area contributed by atoms with Crippen molar-refractivity contribution >= 4 is 35.0 Å². The molecule has 0 aliphatic carbocycles. The number of thioether (sulfide) groups is 1. The molecule has 0 unspecified atom stereocenters. The minimum atomic E-state index is -0.501. The van der Waals surface area contributed by atoms with Gasteiger partial charge in [-0.15, -0.1) is 11.8 Å². The van der Waals surface area contributed by atoms with E-state index < -0.39 is 5.82 Å². The molecule has 2 rings (SSSR count). The van der Waals surface area contributed by atoms with Gasteiger partial charge in [-0.2, -0.15) is 0 Å². The Hall–Kier alpha value is -1.52. The van der Waals surface area contributed by atoms with Crippen LogP contribution in [0.15, 0.2) is 47.4 Å². The Morgan fingerprint density at radius 1 is 1.25 bits per heavy atom. The smallest absolute Gasteiger partial charge is 0.234 e. The lowest BCUT2D eigenvalue weighted by atomic mass is 10.2. The SMILES string of the molecule is Cc1ccc(SCC(=O)Nc2ccc(F)c(Cl)c2)cc1. The Balaban J connectivity index is 1.89. The maximum Gasteiger partial charge on any atom is 0.234 e. The van der Waals surface area contributed by atoms with Crippen LogP contribution in [0.1, 0.15) is 5.56 Å². The predicted octanol–water partition coefficient (Wildman–Crippen LogP) is 4.52. The van der Waals surface area contributed by atoms with Crippen molar-refractivity contribution < 1.29 is 9.18 Å². The number of hydrogen-bond acceptors (Lipinski definition) is 2. The summed E-state index contributed by atoms with van der Waals surface area (Å²) in [4.78, 5) is 12.8. The second kappa shape index (κ2) is 6.77. The summed E-state index contributed by atoms with van der Waals surface area (Å²) in [6.45, 7) is 2.01. The summed E-state index contributed by atoms with van der Waals surface area (Å²) in [6, 6.07) is 12.1. The van der Waals surface area contributed by atoms with Gasteiger partial charge in [0.15, 0.2) is 0 Å². The van der Waals surface area contributed by atoms with E-state index in [-0.39, 0.29) is 16.7 Å². The van der Waals surface area contributed by atoms with Crippen molar-refractivity contribution in [3.8, 4) is 0 Å². The first-order valence-electron chi connectivity index (χ1n) is 5.99. The Labute approximate surface area is 126 Å². The summed E-state index contributed by atoms with van der Waals surface area (Å²) >= 11 is 7.10. The molecule has 0 atom stereocenters. The van der Waals surface area contributed by atoms with Crippen LogP contribution in [0, 0.1) is 12.7 Å². The molecule has 0 aliphatic heterocycles. The quantitative estimate of drug-likeness (QED) is 0.841. The number of aryl methyl sites for hydroxylation is 1. The van der Waals surface area contributed by atoms with E-state index in [2.05, 4.69) is 5.32 Å². The number of carbonyl (C=O) groups is 1. The summed E-state index contributed by atoms with van der Waals surface area (Å²) in [5.41, 5.74) is 1.67. The first kappa shape index (κ1) is 14.9. The van der Waals surface area contributed by atoms with Crippen LogP contribution in [0.4, 0.5) is 10.1 Å². The van der Waals surface area contributed by atoms with E-state index in [1.165, 1.54) is 35.5 Å². The zero-order valence-corrected chi connectivity index (χ0v) is 12.4. The van der Waals surface area contributed by atoms with Crippen LogP contribution in [0.2, 0.25) is 5.02 Å². The molecular weight excluding hydrogens is 297 g/mol. The van der Waals surface area contributed by atoms with Gasteiger partial charge in [0, 0.05) is 10.6 Å². The number of amides is 1. The van der Waals surface area contributed by atoms with Gasteiger partial charge in [-0.3, -0.25) is 4.79 Å². The lowest BCUT2D eigenvalue weighted by Gasteiger charge is -2.06. The van der Waals surface area contributed by atoms with Gasteiger partial charge < -0.3 is 5.32 Å². The van der Waals surface area contributed by atoms with Crippen molar-refractivity contribution in [2.75, 3.05) is 11.1 Å². The lowest BCUT2D eigenvalue weighted by Crippen LogP contribution is -2.13. The van der Waals surface area contributed by atoms with Crippen LogP contribution in [0.3, 0.4) is 0 Å². The largest absolute Gasteiger partial charge is 0.325 e. The zero-order valence-electron chi connectivity index (χ0n) is 10.8. The normalized spacial score (nSPS) is 10.3. The van der Waals surface area contributed by atoms with Gasteiger partial charge in [0.25, 0.3) is 0 Å². The summed E-state index contributed by atoms with van der Waals surface area (Å²) < 4.78 is 13.0. The van der Waals surface area contributed by atoms with Gasteiger partial charge in [0.2, 0.25) is 5.91 Å². The van der Waals surface area contributed by atoms with Crippen molar-refractivity contribution in [2.45, 2.75) is 11.8 Å². The van der Waals surface area contributed by atoms with Crippen LogP contribution in [0.25, 0.3) is 0 Å². The Kier molecular flexibility index (Phi) is 5.04. The number of halogens is 2. The number of rotatable bonds is 4. The monoisotopic (exact) mass is 309 g/mol. The fourth-order valence-corrected chi connectivity index (χ4v) is 2.43. The van der Waals surface area contributed by atoms with Crippen molar-refractivity contribution in [3.05, 3.63) is 58.9 Å². The van der Waals surface area contributed by atoms with Crippen LogP contribution >= 0.6 is 23.4 Å². The molecule has 2 aromatic rings. The highest BCUT2D eigenvalue weighted by molar-refractivity contribution is 8.00. The van der Waals surface area contributed by atoms with E-state index in [1.54, 1.807) is 0 Å². The molecule has 1 N–H and O–H groups in total. The first-order chi connectivity index (χ1) is 9.54. The molecule has 0 bridgehead atoms. The topological polar surface area (TPSA) is 29.1 Å². The molecule has 0 aliphatic rings. The maximum atomic E-state index is 13.0. The third-order valence-corrected chi connectivity index (χ3v) is 3.90. The number of benzene rings is 2. The molecule has 0 saturated carbocycles. The molecule has 2 aromatic carbocycles. The van der Waals surface area contributed by atoms with E-state index in [0.29, 0.717) is 5.69 Å². The number of hydrogen-bond donors (Lipinski definition) is 1. The van der Waals surface area contributed by atoms with Crippen LogP contribution in [0.5, 0.6) is 0 Å².